The van der Waals surface area contributed by atoms with Crippen molar-refractivity contribution in [1.82, 2.24) is 4.90 Å². The number of hydrogen-bond acceptors (Lipinski definition) is 3. The van der Waals surface area contributed by atoms with Crippen LogP contribution in [0.5, 0.6) is 5.75 Å². The Bertz CT molecular complexity index is 458. The summed E-state index contributed by atoms with van der Waals surface area (Å²) < 4.78 is 24.2. The van der Waals surface area contributed by atoms with Crippen LogP contribution < -0.4 is 4.74 Å². The van der Waals surface area contributed by atoms with Crippen LogP contribution in [-0.2, 0) is 4.74 Å². The Morgan fingerprint density at radius 3 is 2.95 bits per heavy atom. The van der Waals surface area contributed by atoms with Crippen molar-refractivity contribution in [2.45, 2.75) is 18.9 Å². The van der Waals surface area contributed by atoms with Gasteiger partial charge in [-0.1, -0.05) is 0 Å². The van der Waals surface area contributed by atoms with Gasteiger partial charge in [-0.25, -0.2) is 4.39 Å². The van der Waals surface area contributed by atoms with E-state index in [1.807, 2.05) is 0 Å². The molecular weight excluding hydrogens is 249 g/mol. The maximum absolute atomic E-state index is 13.8. The van der Waals surface area contributed by atoms with E-state index in [1.54, 1.807) is 13.1 Å². The molecule has 1 saturated heterocycles. The SMILES string of the molecule is COc1ccc(C(=O)N(C)C[C@H]2CCCO2)c(F)c1. The van der Waals surface area contributed by atoms with Crippen molar-refractivity contribution < 1.29 is 18.7 Å². The predicted molar refractivity (Wildman–Crippen MR) is 68.9 cm³/mol. The average molecular weight is 267 g/mol. The molecule has 1 aliphatic rings. The zero-order valence-corrected chi connectivity index (χ0v) is 11.2. The molecule has 1 amide bonds. The molecule has 1 aromatic rings. The van der Waals surface area contributed by atoms with E-state index < -0.39 is 5.82 Å². The monoisotopic (exact) mass is 267 g/mol. The first-order valence-corrected chi connectivity index (χ1v) is 6.32. The molecule has 1 aliphatic heterocycles. The number of carbonyl (C=O) groups is 1. The van der Waals surface area contributed by atoms with Crippen molar-refractivity contribution in [3.63, 3.8) is 0 Å². The molecule has 0 unspecified atom stereocenters. The lowest BCUT2D eigenvalue weighted by Gasteiger charge is -2.21. The first-order chi connectivity index (χ1) is 9.11. The molecule has 1 fully saturated rings. The first-order valence-electron chi connectivity index (χ1n) is 6.32. The van der Waals surface area contributed by atoms with Gasteiger partial charge in [-0.05, 0) is 25.0 Å². The van der Waals surface area contributed by atoms with Gasteiger partial charge in [-0.2, -0.15) is 0 Å². The van der Waals surface area contributed by atoms with E-state index in [9.17, 15) is 9.18 Å². The third-order valence-electron chi connectivity index (χ3n) is 3.25. The van der Waals surface area contributed by atoms with Gasteiger partial charge >= 0.3 is 0 Å². The van der Waals surface area contributed by atoms with Gasteiger partial charge in [0.05, 0.1) is 18.8 Å². The zero-order valence-electron chi connectivity index (χ0n) is 11.2. The standard InChI is InChI=1S/C14H18FNO3/c1-16(9-11-4-3-7-19-11)14(17)12-6-5-10(18-2)8-13(12)15/h5-6,8,11H,3-4,7,9H2,1-2H3/t11-/m1/s1. The van der Waals surface area contributed by atoms with Crippen molar-refractivity contribution in [2.75, 3.05) is 27.3 Å². The lowest BCUT2D eigenvalue weighted by Crippen LogP contribution is -2.34. The number of carbonyl (C=O) groups excluding carboxylic acids is 1. The van der Waals surface area contributed by atoms with Crippen LogP contribution in [0.2, 0.25) is 0 Å². The number of nitrogens with zero attached hydrogens (tertiary/aromatic N) is 1. The van der Waals surface area contributed by atoms with Crippen LogP contribution in [0.4, 0.5) is 4.39 Å². The molecular formula is C14H18FNO3. The summed E-state index contributed by atoms with van der Waals surface area (Å²) in [5, 5.41) is 0. The van der Waals surface area contributed by atoms with E-state index in [-0.39, 0.29) is 17.6 Å². The fourth-order valence-corrected chi connectivity index (χ4v) is 2.18. The first kappa shape index (κ1) is 13.8. The molecule has 0 saturated carbocycles. The van der Waals surface area contributed by atoms with Gasteiger partial charge in [0.1, 0.15) is 11.6 Å². The number of methoxy groups -OCH3 is 1. The summed E-state index contributed by atoms with van der Waals surface area (Å²) in [7, 11) is 3.12. The highest BCUT2D eigenvalue weighted by Gasteiger charge is 2.22. The highest BCUT2D eigenvalue weighted by molar-refractivity contribution is 5.94. The smallest absolute Gasteiger partial charge is 0.256 e. The lowest BCUT2D eigenvalue weighted by atomic mass is 10.1. The van der Waals surface area contributed by atoms with Crippen molar-refractivity contribution in [3.8, 4) is 5.75 Å². The molecule has 0 radical (unpaired) electrons. The van der Waals surface area contributed by atoms with E-state index >= 15 is 0 Å². The van der Waals surface area contributed by atoms with E-state index in [4.69, 9.17) is 9.47 Å². The van der Waals surface area contributed by atoms with Gasteiger partial charge in [-0.3, -0.25) is 4.79 Å². The summed E-state index contributed by atoms with van der Waals surface area (Å²) in [5.41, 5.74) is 0.0568. The maximum atomic E-state index is 13.8. The predicted octanol–water partition coefficient (Wildman–Crippen LogP) is 2.09. The topological polar surface area (TPSA) is 38.8 Å². The van der Waals surface area contributed by atoms with Crippen molar-refractivity contribution in [1.29, 1.82) is 0 Å². The summed E-state index contributed by atoms with van der Waals surface area (Å²) in [6.45, 7) is 1.23. The Morgan fingerprint density at radius 1 is 1.58 bits per heavy atom. The fraction of sp³-hybridized carbons (Fsp3) is 0.500. The highest BCUT2D eigenvalue weighted by atomic mass is 19.1. The molecule has 19 heavy (non-hydrogen) atoms. The van der Waals surface area contributed by atoms with Crippen molar-refractivity contribution >= 4 is 5.91 Å². The van der Waals surface area contributed by atoms with Gasteiger partial charge in [0.15, 0.2) is 0 Å². The molecule has 5 heteroatoms. The van der Waals surface area contributed by atoms with E-state index in [0.717, 1.165) is 19.4 Å². The maximum Gasteiger partial charge on any atom is 0.256 e. The minimum absolute atomic E-state index is 0.0568. The Morgan fingerprint density at radius 2 is 2.37 bits per heavy atom. The van der Waals surface area contributed by atoms with E-state index in [1.165, 1.54) is 24.1 Å². The number of benzene rings is 1. The average Bonchev–Trinajstić information content (AvgIpc) is 2.90. The number of amides is 1. The lowest BCUT2D eigenvalue weighted by molar-refractivity contribution is 0.0583. The minimum Gasteiger partial charge on any atom is -0.497 e. The quantitative estimate of drug-likeness (QED) is 0.838. The summed E-state index contributed by atoms with van der Waals surface area (Å²) in [6.07, 6.45) is 2.03. The second kappa shape index (κ2) is 6.02. The Balaban J connectivity index is 2.05. The second-order valence-corrected chi connectivity index (χ2v) is 4.67. The molecule has 1 atom stereocenters. The van der Waals surface area contributed by atoms with Crippen LogP contribution in [-0.4, -0.2) is 44.2 Å². The van der Waals surface area contributed by atoms with Gasteiger partial charge in [-0.15, -0.1) is 0 Å². The summed E-state index contributed by atoms with van der Waals surface area (Å²) in [6, 6.07) is 4.24. The summed E-state index contributed by atoms with van der Waals surface area (Å²) in [4.78, 5) is 13.6. The van der Waals surface area contributed by atoms with Gasteiger partial charge in [0.2, 0.25) is 0 Å². The number of halogens is 1. The number of hydrogen-bond donors (Lipinski definition) is 0. The van der Waals surface area contributed by atoms with Crippen LogP contribution in [0.3, 0.4) is 0 Å². The Kier molecular flexibility index (Phi) is 4.37. The second-order valence-electron chi connectivity index (χ2n) is 4.67. The van der Waals surface area contributed by atoms with Crippen LogP contribution in [0.25, 0.3) is 0 Å². The van der Waals surface area contributed by atoms with Gasteiger partial charge in [0, 0.05) is 26.3 Å². The normalized spacial score (nSPS) is 18.4. The Labute approximate surface area is 112 Å². The zero-order chi connectivity index (χ0) is 13.8. The molecule has 0 aromatic heterocycles. The van der Waals surface area contributed by atoms with Crippen molar-refractivity contribution in [3.05, 3.63) is 29.6 Å². The molecule has 1 heterocycles. The van der Waals surface area contributed by atoms with Crippen LogP contribution in [0.1, 0.15) is 23.2 Å². The summed E-state index contributed by atoms with van der Waals surface area (Å²) in [5.74, 6) is -0.505. The van der Waals surface area contributed by atoms with Crippen LogP contribution in [0, 0.1) is 5.82 Å². The van der Waals surface area contributed by atoms with Gasteiger partial charge < -0.3 is 14.4 Å². The highest BCUT2D eigenvalue weighted by Crippen LogP contribution is 2.19. The molecule has 0 bridgehead atoms. The van der Waals surface area contributed by atoms with Gasteiger partial charge in [0.25, 0.3) is 5.91 Å². The van der Waals surface area contributed by atoms with Crippen molar-refractivity contribution in [2.24, 2.45) is 0 Å². The molecule has 104 valence electrons. The largest absolute Gasteiger partial charge is 0.497 e. The third-order valence-corrected chi connectivity index (χ3v) is 3.25. The Hall–Kier alpha value is -1.62. The molecule has 2 rings (SSSR count). The minimum atomic E-state index is -0.566. The number of ether oxygens (including phenoxy) is 2. The molecule has 0 N–H and O–H groups in total. The fourth-order valence-electron chi connectivity index (χ4n) is 2.18. The van der Waals surface area contributed by atoms with E-state index in [0.29, 0.717) is 12.3 Å². The molecule has 4 nitrogen and oxygen atoms in total. The third kappa shape index (κ3) is 3.23. The van der Waals surface area contributed by atoms with Crippen LogP contribution in [0.15, 0.2) is 18.2 Å². The summed E-state index contributed by atoms with van der Waals surface area (Å²) >= 11 is 0. The van der Waals surface area contributed by atoms with Crippen LogP contribution >= 0.6 is 0 Å². The number of likely N-dealkylation sites (N-methyl/N-ethyl adjacent to an activating group) is 1. The molecule has 1 aromatic carbocycles. The van der Waals surface area contributed by atoms with E-state index in [2.05, 4.69) is 0 Å². The molecule has 0 spiro atoms. The number of rotatable bonds is 4. The molecule has 0 aliphatic carbocycles.